The van der Waals surface area contributed by atoms with Crippen molar-refractivity contribution in [1.82, 2.24) is 5.32 Å². The van der Waals surface area contributed by atoms with Gasteiger partial charge in [-0.05, 0) is 42.5 Å². The molecule has 112 valence electrons. The summed E-state index contributed by atoms with van der Waals surface area (Å²) < 4.78 is 0. The fourth-order valence-corrected chi connectivity index (χ4v) is 3.34. The van der Waals surface area contributed by atoms with Crippen LogP contribution in [0.1, 0.15) is 48.0 Å². The van der Waals surface area contributed by atoms with E-state index in [1.807, 2.05) is 18.2 Å². The zero-order valence-electron chi connectivity index (χ0n) is 12.5. The van der Waals surface area contributed by atoms with Crippen molar-refractivity contribution in [3.63, 3.8) is 0 Å². The van der Waals surface area contributed by atoms with Gasteiger partial charge in [0.2, 0.25) is 5.91 Å². The van der Waals surface area contributed by atoms with E-state index < -0.39 is 0 Å². The van der Waals surface area contributed by atoms with Crippen molar-refractivity contribution in [3.05, 3.63) is 29.3 Å². The molecule has 2 amide bonds. The summed E-state index contributed by atoms with van der Waals surface area (Å²) in [6.07, 6.45) is 6.75. The lowest BCUT2D eigenvalue weighted by molar-refractivity contribution is -0.117. The van der Waals surface area contributed by atoms with Crippen LogP contribution in [0.15, 0.2) is 18.2 Å². The van der Waals surface area contributed by atoms with Gasteiger partial charge >= 0.3 is 0 Å². The van der Waals surface area contributed by atoms with Crippen molar-refractivity contribution in [3.8, 4) is 0 Å². The molecule has 1 N–H and O–H groups in total. The van der Waals surface area contributed by atoms with Gasteiger partial charge in [0.05, 0.1) is 6.42 Å². The van der Waals surface area contributed by atoms with Gasteiger partial charge in [0.25, 0.3) is 5.91 Å². The summed E-state index contributed by atoms with van der Waals surface area (Å²) >= 11 is 0. The smallest absolute Gasteiger partial charge is 0.251 e. The van der Waals surface area contributed by atoms with Crippen molar-refractivity contribution in [1.29, 1.82) is 0 Å². The van der Waals surface area contributed by atoms with Crippen LogP contribution in [0.3, 0.4) is 0 Å². The van der Waals surface area contributed by atoms with Crippen LogP contribution in [-0.2, 0) is 11.2 Å². The average Bonchev–Trinajstić information content (AvgIpc) is 2.80. The predicted molar refractivity (Wildman–Crippen MR) is 82.5 cm³/mol. The zero-order chi connectivity index (χ0) is 14.8. The second-order valence-corrected chi connectivity index (χ2v) is 6.19. The van der Waals surface area contributed by atoms with Gasteiger partial charge in [0.15, 0.2) is 0 Å². The number of hydrogen-bond donors (Lipinski definition) is 1. The Labute approximate surface area is 125 Å². The highest BCUT2D eigenvalue weighted by Gasteiger charge is 2.24. The van der Waals surface area contributed by atoms with Gasteiger partial charge in [-0.2, -0.15) is 0 Å². The quantitative estimate of drug-likeness (QED) is 0.928. The van der Waals surface area contributed by atoms with Gasteiger partial charge in [-0.1, -0.05) is 19.3 Å². The van der Waals surface area contributed by atoms with E-state index in [1.165, 1.54) is 32.1 Å². The third kappa shape index (κ3) is 2.94. The SMILES string of the molecule is CN1C(=O)Cc2cc(C(=O)NCC3CCCCC3)ccc21. The van der Waals surface area contributed by atoms with Crippen LogP contribution >= 0.6 is 0 Å². The maximum atomic E-state index is 12.2. The number of rotatable bonds is 3. The van der Waals surface area contributed by atoms with E-state index in [0.717, 1.165) is 17.8 Å². The molecule has 0 atom stereocenters. The third-order valence-electron chi connectivity index (χ3n) is 4.69. The Morgan fingerprint density at radius 1 is 1.29 bits per heavy atom. The molecule has 1 heterocycles. The number of benzene rings is 1. The Bertz CT molecular complexity index is 562. The standard InChI is InChI=1S/C17H22N2O2/c1-19-15-8-7-13(9-14(15)10-16(19)20)17(21)18-11-12-5-3-2-4-6-12/h7-9,12H,2-6,10-11H2,1H3,(H,18,21). The van der Waals surface area contributed by atoms with E-state index in [0.29, 0.717) is 17.9 Å². The molecule has 0 aromatic heterocycles. The summed E-state index contributed by atoms with van der Waals surface area (Å²) in [4.78, 5) is 25.6. The van der Waals surface area contributed by atoms with Gasteiger partial charge in [-0.3, -0.25) is 9.59 Å². The number of likely N-dealkylation sites (N-methyl/N-ethyl adjacent to an activating group) is 1. The summed E-state index contributed by atoms with van der Waals surface area (Å²) in [7, 11) is 1.77. The van der Waals surface area contributed by atoms with Crippen molar-refractivity contribution in [2.24, 2.45) is 5.92 Å². The molecule has 2 aliphatic rings. The number of nitrogens with zero attached hydrogens (tertiary/aromatic N) is 1. The fraction of sp³-hybridized carbons (Fsp3) is 0.529. The Balaban J connectivity index is 1.63. The van der Waals surface area contributed by atoms with Crippen LogP contribution in [0, 0.1) is 5.92 Å². The summed E-state index contributed by atoms with van der Waals surface area (Å²) in [5.74, 6) is 0.694. The summed E-state index contributed by atoms with van der Waals surface area (Å²) in [5, 5.41) is 3.04. The van der Waals surface area contributed by atoms with Gasteiger partial charge in [0, 0.05) is 24.8 Å². The second kappa shape index (κ2) is 5.88. The van der Waals surface area contributed by atoms with Crippen molar-refractivity contribution >= 4 is 17.5 Å². The predicted octanol–water partition coefficient (Wildman–Crippen LogP) is 2.52. The number of carbonyl (C=O) groups is 2. The molecule has 21 heavy (non-hydrogen) atoms. The number of nitrogens with one attached hydrogen (secondary N) is 1. The largest absolute Gasteiger partial charge is 0.352 e. The van der Waals surface area contributed by atoms with E-state index in [2.05, 4.69) is 5.32 Å². The van der Waals surface area contributed by atoms with Gasteiger partial charge in [-0.25, -0.2) is 0 Å². The Morgan fingerprint density at radius 2 is 2.05 bits per heavy atom. The minimum absolute atomic E-state index is 0.0228. The van der Waals surface area contributed by atoms with Crippen LogP contribution < -0.4 is 10.2 Å². The number of fused-ring (bicyclic) bond motifs is 1. The minimum Gasteiger partial charge on any atom is -0.352 e. The lowest BCUT2D eigenvalue weighted by atomic mass is 9.89. The molecule has 4 heteroatoms. The van der Waals surface area contributed by atoms with Gasteiger partial charge < -0.3 is 10.2 Å². The minimum atomic E-state index is -0.0228. The molecule has 1 aromatic carbocycles. The molecule has 1 fully saturated rings. The number of anilines is 1. The van der Waals surface area contributed by atoms with Crippen molar-refractivity contribution in [2.45, 2.75) is 38.5 Å². The lowest BCUT2D eigenvalue weighted by Crippen LogP contribution is -2.30. The molecule has 1 aromatic rings. The molecule has 0 spiro atoms. The van der Waals surface area contributed by atoms with Crippen LogP contribution in [0.5, 0.6) is 0 Å². The monoisotopic (exact) mass is 286 g/mol. The third-order valence-corrected chi connectivity index (χ3v) is 4.69. The fourth-order valence-electron chi connectivity index (χ4n) is 3.34. The summed E-state index contributed by atoms with van der Waals surface area (Å²) in [5.41, 5.74) is 2.53. The molecule has 4 nitrogen and oxygen atoms in total. The van der Waals surface area contributed by atoms with Crippen molar-refractivity contribution < 1.29 is 9.59 Å². The molecular weight excluding hydrogens is 264 g/mol. The second-order valence-electron chi connectivity index (χ2n) is 6.19. The molecule has 0 bridgehead atoms. The van der Waals surface area contributed by atoms with Gasteiger partial charge in [0.1, 0.15) is 0 Å². The topological polar surface area (TPSA) is 49.4 Å². The average molecular weight is 286 g/mol. The van der Waals surface area contributed by atoms with Gasteiger partial charge in [-0.15, -0.1) is 0 Å². The van der Waals surface area contributed by atoms with Crippen LogP contribution in [-0.4, -0.2) is 25.4 Å². The first-order valence-electron chi connectivity index (χ1n) is 7.83. The molecule has 1 saturated carbocycles. The Kier molecular flexibility index (Phi) is 3.95. The molecule has 0 radical (unpaired) electrons. The van der Waals surface area contributed by atoms with E-state index in [9.17, 15) is 9.59 Å². The molecule has 1 aliphatic carbocycles. The van der Waals surface area contributed by atoms with Crippen LogP contribution in [0.25, 0.3) is 0 Å². The van der Waals surface area contributed by atoms with Crippen LogP contribution in [0.4, 0.5) is 5.69 Å². The van der Waals surface area contributed by atoms with E-state index in [4.69, 9.17) is 0 Å². The molecule has 0 unspecified atom stereocenters. The highest BCUT2D eigenvalue weighted by atomic mass is 16.2. The first kappa shape index (κ1) is 14.1. The normalized spacial score (nSPS) is 18.7. The molecule has 0 saturated heterocycles. The molecule has 1 aliphatic heterocycles. The lowest BCUT2D eigenvalue weighted by Gasteiger charge is -2.21. The van der Waals surface area contributed by atoms with E-state index in [-0.39, 0.29) is 11.8 Å². The number of carbonyl (C=O) groups excluding carboxylic acids is 2. The maximum Gasteiger partial charge on any atom is 0.251 e. The first-order valence-corrected chi connectivity index (χ1v) is 7.83. The number of hydrogen-bond acceptors (Lipinski definition) is 2. The zero-order valence-corrected chi connectivity index (χ0v) is 12.5. The highest BCUT2D eigenvalue weighted by molar-refractivity contribution is 6.03. The Morgan fingerprint density at radius 3 is 2.81 bits per heavy atom. The van der Waals surface area contributed by atoms with Crippen molar-refractivity contribution in [2.75, 3.05) is 18.5 Å². The number of amides is 2. The highest BCUT2D eigenvalue weighted by Crippen LogP contribution is 2.28. The molecular formula is C17H22N2O2. The first-order chi connectivity index (χ1) is 10.1. The summed E-state index contributed by atoms with van der Waals surface area (Å²) in [6.45, 7) is 0.773. The Hall–Kier alpha value is -1.84. The van der Waals surface area contributed by atoms with E-state index in [1.54, 1.807) is 11.9 Å². The maximum absolute atomic E-state index is 12.2. The van der Waals surface area contributed by atoms with Crippen LogP contribution in [0.2, 0.25) is 0 Å². The van der Waals surface area contributed by atoms with E-state index >= 15 is 0 Å². The molecule has 3 rings (SSSR count). The summed E-state index contributed by atoms with van der Waals surface area (Å²) in [6, 6.07) is 5.53.